The zero-order chi connectivity index (χ0) is 16.3. The zero-order valence-corrected chi connectivity index (χ0v) is 13.4. The number of rotatable bonds is 5. The van der Waals surface area contributed by atoms with Gasteiger partial charge in [0.15, 0.2) is 0 Å². The summed E-state index contributed by atoms with van der Waals surface area (Å²) in [6, 6.07) is 8.75. The fraction of sp³-hybridized carbons (Fsp3) is 0.250. The molecule has 0 fully saturated rings. The fourth-order valence-electron chi connectivity index (χ4n) is 1.98. The van der Waals surface area contributed by atoms with Gasteiger partial charge in [0, 0.05) is 17.7 Å². The molecular formula is C16H17NO4S. The molecule has 0 bridgehead atoms. The van der Waals surface area contributed by atoms with E-state index in [4.69, 9.17) is 9.84 Å². The second-order valence-electron chi connectivity index (χ2n) is 4.84. The minimum Gasteiger partial charge on any atom is -0.477 e. The Kier molecular flexibility index (Phi) is 4.95. The van der Waals surface area contributed by atoms with Gasteiger partial charge in [-0.2, -0.15) is 0 Å². The van der Waals surface area contributed by atoms with E-state index in [2.05, 4.69) is 5.32 Å². The average Bonchev–Trinajstić information content (AvgIpc) is 2.89. The van der Waals surface area contributed by atoms with Crippen molar-refractivity contribution in [2.45, 2.75) is 20.0 Å². The van der Waals surface area contributed by atoms with Crippen LogP contribution in [0.25, 0.3) is 0 Å². The van der Waals surface area contributed by atoms with Crippen LogP contribution in [-0.4, -0.2) is 24.1 Å². The lowest BCUT2D eigenvalue weighted by atomic mass is 10.1. The Morgan fingerprint density at radius 3 is 2.41 bits per heavy atom. The molecule has 0 aliphatic rings. The first-order valence-corrected chi connectivity index (χ1v) is 7.52. The lowest BCUT2D eigenvalue weighted by Crippen LogP contribution is -2.12. The maximum Gasteiger partial charge on any atom is 0.345 e. The number of anilines is 1. The number of carboxylic acid groups (broad SMARTS) is 1. The van der Waals surface area contributed by atoms with Gasteiger partial charge in [0.05, 0.1) is 11.7 Å². The monoisotopic (exact) mass is 319 g/mol. The first-order valence-electron chi connectivity index (χ1n) is 6.70. The van der Waals surface area contributed by atoms with Crippen molar-refractivity contribution in [2.24, 2.45) is 0 Å². The fourth-order valence-corrected chi connectivity index (χ4v) is 2.84. The molecular weight excluding hydrogens is 302 g/mol. The lowest BCUT2D eigenvalue weighted by Gasteiger charge is -2.11. The Labute approximate surface area is 132 Å². The smallest absolute Gasteiger partial charge is 0.345 e. The van der Waals surface area contributed by atoms with Crippen molar-refractivity contribution < 1.29 is 19.4 Å². The van der Waals surface area contributed by atoms with E-state index in [-0.39, 0.29) is 16.9 Å². The molecule has 0 aliphatic carbocycles. The third-order valence-electron chi connectivity index (χ3n) is 3.36. The summed E-state index contributed by atoms with van der Waals surface area (Å²) in [6.45, 7) is 3.67. The molecule has 5 nitrogen and oxygen atoms in total. The van der Waals surface area contributed by atoms with Gasteiger partial charge in [0.25, 0.3) is 5.91 Å². The molecule has 116 valence electrons. The zero-order valence-electron chi connectivity index (χ0n) is 12.5. The lowest BCUT2D eigenvalue weighted by molar-refractivity contribution is 0.0702. The Morgan fingerprint density at radius 2 is 1.91 bits per heavy atom. The Bertz CT molecular complexity index is 691. The van der Waals surface area contributed by atoms with Crippen LogP contribution >= 0.6 is 11.3 Å². The molecule has 6 heteroatoms. The Balaban J connectivity index is 2.13. The number of methoxy groups -OCH3 is 1. The molecule has 0 spiro atoms. The van der Waals surface area contributed by atoms with E-state index in [1.807, 2.05) is 19.1 Å². The third kappa shape index (κ3) is 3.52. The quantitative estimate of drug-likeness (QED) is 0.881. The van der Waals surface area contributed by atoms with Crippen molar-refractivity contribution >= 4 is 28.9 Å². The molecule has 2 rings (SSSR count). The number of carbonyl (C=O) groups is 2. The second-order valence-corrected chi connectivity index (χ2v) is 6.10. The molecule has 2 aromatic rings. The molecule has 1 amide bonds. The van der Waals surface area contributed by atoms with Gasteiger partial charge in [-0.1, -0.05) is 12.1 Å². The summed E-state index contributed by atoms with van der Waals surface area (Å²) in [5.74, 6) is -1.33. The predicted molar refractivity (Wildman–Crippen MR) is 85.8 cm³/mol. The van der Waals surface area contributed by atoms with Gasteiger partial charge in [-0.05, 0) is 37.6 Å². The molecule has 0 radical (unpaired) electrons. The number of hydrogen-bond acceptors (Lipinski definition) is 4. The molecule has 1 atom stereocenters. The van der Waals surface area contributed by atoms with Crippen LogP contribution < -0.4 is 5.32 Å². The number of carboxylic acids is 1. The first kappa shape index (κ1) is 16.2. The number of aryl methyl sites for hydroxylation is 1. The van der Waals surface area contributed by atoms with E-state index in [0.717, 1.165) is 16.9 Å². The van der Waals surface area contributed by atoms with Crippen molar-refractivity contribution in [1.82, 2.24) is 0 Å². The number of thiophene rings is 1. The van der Waals surface area contributed by atoms with E-state index >= 15 is 0 Å². The van der Waals surface area contributed by atoms with Crippen LogP contribution in [0.3, 0.4) is 0 Å². The summed E-state index contributed by atoms with van der Waals surface area (Å²) in [5.41, 5.74) is 2.05. The normalized spacial score (nSPS) is 12.0. The van der Waals surface area contributed by atoms with Gasteiger partial charge in [0.2, 0.25) is 0 Å². The van der Waals surface area contributed by atoms with Gasteiger partial charge in [0.1, 0.15) is 4.88 Å². The summed E-state index contributed by atoms with van der Waals surface area (Å²) in [4.78, 5) is 24.0. The highest BCUT2D eigenvalue weighted by Crippen LogP contribution is 2.23. The molecule has 1 aromatic carbocycles. The van der Waals surface area contributed by atoms with E-state index in [1.165, 1.54) is 6.07 Å². The van der Waals surface area contributed by atoms with E-state index in [9.17, 15) is 9.59 Å². The van der Waals surface area contributed by atoms with Gasteiger partial charge >= 0.3 is 5.97 Å². The van der Waals surface area contributed by atoms with Crippen LogP contribution in [0.15, 0.2) is 30.3 Å². The standard InChI is InChI=1S/C16H17NO4S/c1-9(21-3)11-4-6-12(7-5-11)17-15(18)13-8-14(16(19)20)22-10(13)2/h4-9H,1-3H3,(H,17,18)(H,19,20). The van der Waals surface area contributed by atoms with Crippen LogP contribution in [0, 0.1) is 6.92 Å². The highest BCUT2D eigenvalue weighted by atomic mass is 32.1. The van der Waals surface area contributed by atoms with Crippen molar-refractivity contribution in [1.29, 1.82) is 0 Å². The highest BCUT2D eigenvalue weighted by molar-refractivity contribution is 7.14. The van der Waals surface area contributed by atoms with Crippen LogP contribution in [0.4, 0.5) is 5.69 Å². The molecule has 1 heterocycles. The summed E-state index contributed by atoms with van der Waals surface area (Å²) in [7, 11) is 1.64. The average molecular weight is 319 g/mol. The van der Waals surface area contributed by atoms with Crippen LogP contribution in [0.2, 0.25) is 0 Å². The van der Waals surface area contributed by atoms with Gasteiger partial charge in [-0.25, -0.2) is 4.79 Å². The van der Waals surface area contributed by atoms with Crippen LogP contribution in [-0.2, 0) is 4.74 Å². The predicted octanol–water partition coefficient (Wildman–Crippen LogP) is 3.71. The van der Waals surface area contributed by atoms with Crippen LogP contribution in [0.1, 0.15) is 43.5 Å². The van der Waals surface area contributed by atoms with Gasteiger partial charge in [-0.3, -0.25) is 4.79 Å². The van der Waals surface area contributed by atoms with E-state index < -0.39 is 5.97 Å². The largest absolute Gasteiger partial charge is 0.477 e. The first-order chi connectivity index (χ1) is 10.4. The summed E-state index contributed by atoms with van der Waals surface area (Å²) in [5, 5.41) is 11.7. The maximum atomic E-state index is 12.2. The van der Waals surface area contributed by atoms with Crippen molar-refractivity contribution in [3.05, 3.63) is 51.2 Å². The summed E-state index contributed by atoms with van der Waals surface area (Å²) in [6.07, 6.45) is -0.0120. The number of nitrogens with one attached hydrogen (secondary N) is 1. The molecule has 0 saturated heterocycles. The molecule has 1 unspecified atom stereocenters. The maximum absolute atomic E-state index is 12.2. The number of aromatic carboxylic acids is 1. The topological polar surface area (TPSA) is 75.6 Å². The minimum absolute atomic E-state index is 0.0120. The SMILES string of the molecule is COC(C)c1ccc(NC(=O)c2cc(C(=O)O)sc2C)cc1. The minimum atomic E-state index is -1.02. The van der Waals surface area contributed by atoms with E-state index in [0.29, 0.717) is 16.1 Å². The van der Waals surface area contributed by atoms with Crippen molar-refractivity contribution in [3.8, 4) is 0 Å². The van der Waals surface area contributed by atoms with E-state index in [1.54, 1.807) is 26.2 Å². The number of ether oxygens (including phenoxy) is 1. The highest BCUT2D eigenvalue weighted by Gasteiger charge is 2.16. The molecule has 1 aromatic heterocycles. The second kappa shape index (κ2) is 6.72. The number of carbonyl (C=O) groups excluding carboxylic acids is 1. The molecule has 0 aliphatic heterocycles. The molecule has 22 heavy (non-hydrogen) atoms. The Morgan fingerprint density at radius 1 is 1.27 bits per heavy atom. The summed E-state index contributed by atoms with van der Waals surface area (Å²) >= 11 is 1.09. The van der Waals surface area contributed by atoms with Crippen molar-refractivity contribution in [3.63, 3.8) is 0 Å². The number of benzene rings is 1. The molecule has 2 N–H and O–H groups in total. The van der Waals surface area contributed by atoms with Crippen LogP contribution in [0.5, 0.6) is 0 Å². The van der Waals surface area contributed by atoms with Gasteiger partial charge in [-0.15, -0.1) is 11.3 Å². The Hall–Kier alpha value is -2.18. The third-order valence-corrected chi connectivity index (χ3v) is 4.40. The molecule has 0 saturated carbocycles. The van der Waals surface area contributed by atoms with Gasteiger partial charge < -0.3 is 15.2 Å². The van der Waals surface area contributed by atoms with Crippen molar-refractivity contribution in [2.75, 3.05) is 12.4 Å². The number of hydrogen-bond donors (Lipinski definition) is 2. The summed E-state index contributed by atoms with van der Waals surface area (Å²) < 4.78 is 5.23. The number of amides is 1.